The van der Waals surface area contributed by atoms with Gasteiger partial charge in [0.15, 0.2) is 0 Å². The summed E-state index contributed by atoms with van der Waals surface area (Å²) in [7, 11) is 1.73. The van der Waals surface area contributed by atoms with E-state index in [2.05, 4.69) is 38.3 Å². The molecule has 17 heavy (non-hydrogen) atoms. The van der Waals surface area contributed by atoms with Gasteiger partial charge in [-0.3, -0.25) is 0 Å². The molecule has 0 saturated carbocycles. The lowest BCUT2D eigenvalue weighted by Gasteiger charge is -2.23. The maximum Gasteiger partial charge on any atom is 0.0587 e. The molecule has 0 aliphatic carbocycles. The van der Waals surface area contributed by atoms with E-state index in [1.165, 1.54) is 12.8 Å². The predicted octanol–water partition coefficient (Wildman–Crippen LogP) is 2.27. The van der Waals surface area contributed by atoms with Crippen LogP contribution in [-0.2, 0) is 4.74 Å². The number of rotatable bonds is 10. The van der Waals surface area contributed by atoms with Gasteiger partial charge < -0.3 is 15.4 Å². The molecule has 0 heterocycles. The molecule has 3 nitrogen and oxygen atoms in total. The molecule has 3 heteroatoms. The molecular formula is C14H32N2O. The molecule has 0 spiro atoms. The summed E-state index contributed by atoms with van der Waals surface area (Å²) in [5.41, 5.74) is 0.459. The molecule has 0 rings (SSSR count). The van der Waals surface area contributed by atoms with E-state index in [9.17, 15) is 0 Å². The number of methoxy groups -OCH3 is 1. The lowest BCUT2D eigenvalue weighted by molar-refractivity contribution is 0.199. The van der Waals surface area contributed by atoms with Gasteiger partial charge in [0.05, 0.1) is 6.61 Å². The monoisotopic (exact) mass is 244 g/mol. The molecule has 0 fully saturated rings. The fraction of sp³-hybridized carbons (Fsp3) is 1.00. The fourth-order valence-electron chi connectivity index (χ4n) is 2.10. The maximum absolute atomic E-state index is 4.96. The van der Waals surface area contributed by atoms with Crippen molar-refractivity contribution in [1.29, 1.82) is 0 Å². The van der Waals surface area contributed by atoms with Gasteiger partial charge in [-0.1, -0.05) is 27.7 Å². The molecule has 0 aromatic carbocycles. The standard InChI is InChI=1S/C14H32N2O/c1-13(12-14(2,3)4)6-7-15-8-9-16-10-11-17-5/h13,15-16H,6-12H2,1-5H3. The van der Waals surface area contributed by atoms with Gasteiger partial charge in [-0.15, -0.1) is 0 Å². The molecule has 1 atom stereocenters. The first kappa shape index (κ1) is 16.9. The second-order valence-electron chi connectivity index (χ2n) is 6.15. The minimum absolute atomic E-state index is 0.459. The van der Waals surface area contributed by atoms with Gasteiger partial charge in [0.25, 0.3) is 0 Å². The summed E-state index contributed by atoms with van der Waals surface area (Å²) >= 11 is 0. The highest BCUT2D eigenvalue weighted by molar-refractivity contribution is 4.67. The zero-order valence-corrected chi connectivity index (χ0v) is 12.4. The van der Waals surface area contributed by atoms with Crippen molar-refractivity contribution < 1.29 is 4.74 Å². The molecule has 0 amide bonds. The van der Waals surface area contributed by atoms with Crippen LogP contribution in [0.5, 0.6) is 0 Å². The zero-order chi connectivity index (χ0) is 13.1. The van der Waals surface area contributed by atoms with Crippen molar-refractivity contribution in [3.8, 4) is 0 Å². The smallest absolute Gasteiger partial charge is 0.0587 e. The van der Waals surface area contributed by atoms with Crippen molar-refractivity contribution in [3.63, 3.8) is 0 Å². The highest BCUT2D eigenvalue weighted by Crippen LogP contribution is 2.25. The van der Waals surface area contributed by atoms with Crippen LogP contribution in [-0.4, -0.2) is 39.9 Å². The summed E-state index contributed by atoms with van der Waals surface area (Å²) < 4.78 is 4.96. The van der Waals surface area contributed by atoms with E-state index < -0.39 is 0 Å². The van der Waals surface area contributed by atoms with Crippen molar-refractivity contribution in [2.24, 2.45) is 11.3 Å². The average molecular weight is 244 g/mol. The zero-order valence-electron chi connectivity index (χ0n) is 12.4. The molecular weight excluding hydrogens is 212 g/mol. The van der Waals surface area contributed by atoms with Gasteiger partial charge in [0, 0.05) is 26.7 Å². The first-order valence-electron chi connectivity index (χ1n) is 6.86. The second-order valence-corrected chi connectivity index (χ2v) is 6.15. The Morgan fingerprint density at radius 1 is 1.00 bits per heavy atom. The number of hydrogen-bond donors (Lipinski definition) is 2. The van der Waals surface area contributed by atoms with E-state index in [1.807, 2.05) is 0 Å². The van der Waals surface area contributed by atoms with Crippen LogP contribution >= 0.6 is 0 Å². The van der Waals surface area contributed by atoms with Gasteiger partial charge >= 0.3 is 0 Å². The quantitative estimate of drug-likeness (QED) is 0.578. The number of ether oxygens (including phenoxy) is 1. The molecule has 0 aromatic rings. The molecule has 104 valence electrons. The number of nitrogens with one attached hydrogen (secondary N) is 2. The summed E-state index contributed by atoms with van der Waals surface area (Å²) in [5, 5.41) is 6.80. The molecule has 2 N–H and O–H groups in total. The molecule has 0 radical (unpaired) electrons. The topological polar surface area (TPSA) is 33.3 Å². The van der Waals surface area contributed by atoms with E-state index in [4.69, 9.17) is 4.74 Å². The maximum atomic E-state index is 4.96. The molecule has 0 bridgehead atoms. The summed E-state index contributed by atoms with van der Waals surface area (Å²) in [6.07, 6.45) is 2.58. The first-order chi connectivity index (χ1) is 7.95. The molecule has 0 aromatic heterocycles. The Morgan fingerprint density at radius 2 is 1.59 bits per heavy atom. The molecule has 0 aliphatic heterocycles. The van der Waals surface area contributed by atoms with Crippen LogP contribution in [0.25, 0.3) is 0 Å². The Morgan fingerprint density at radius 3 is 2.12 bits per heavy atom. The summed E-state index contributed by atoms with van der Waals surface area (Å²) in [4.78, 5) is 0. The first-order valence-corrected chi connectivity index (χ1v) is 6.86. The van der Waals surface area contributed by atoms with E-state index in [0.717, 1.165) is 38.7 Å². The Labute approximate surface area is 108 Å². The third-order valence-electron chi connectivity index (χ3n) is 2.74. The Balaban J connectivity index is 3.22. The van der Waals surface area contributed by atoms with E-state index in [0.29, 0.717) is 5.41 Å². The predicted molar refractivity (Wildman–Crippen MR) is 75.5 cm³/mol. The third kappa shape index (κ3) is 13.8. The van der Waals surface area contributed by atoms with Gasteiger partial charge in [-0.05, 0) is 30.7 Å². The Hall–Kier alpha value is -0.120. The minimum atomic E-state index is 0.459. The van der Waals surface area contributed by atoms with Gasteiger partial charge in [-0.25, -0.2) is 0 Å². The van der Waals surface area contributed by atoms with Crippen LogP contribution in [0.4, 0.5) is 0 Å². The summed E-state index contributed by atoms with van der Waals surface area (Å²) in [6, 6.07) is 0. The third-order valence-corrected chi connectivity index (χ3v) is 2.74. The van der Waals surface area contributed by atoms with Gasteiger partial charge in [0.2, 0.25) is 0 Å². The average Bonchev–Trinajstić information content (AvgIpc) is 2.19. The van der Waals surface area contributed by atoms with Crippen molar-refractivity contribution in [1.82, 2.24) is 10.6 Å². The lowest BCUT2D eigenvalue weighted by atomic mass is 9.84. The van der Waals surface area contributed by atoms with Crippen LogP contribution in [0.3, 0.4) is 0 Å². The molecule has 0 saturated heterocycles. The van der Waals surface area contributed by atoms with Crippen molar-refractivity contribution in [2.75, 3.05) is 39.9 Å². The normalized spacial score (nSPS) is 13.9. The fourth-order valence-corrected chi connectivity index (χ4v) is 2.10. The van der Waals surface area contributed by atoms with E-state index in [-0.39, 0.29) is 0 Å². The van der Waals surface area contributed by atoms with Crippen LogP contribution < -0.4 is 10.6 Å². The highest BCUT2D eigenvalue weighted by atomic mass is 16.5. The van der Waals surface area contributed by atoms with Gasteiger partial charge in [0.1, 0.15) is 0 Å². The molecule has 0 aliphatic rings. The molecule has 1 unspecified atom stereocenters. The van der Waals surface area contributed by atoms with Gasteiger partial charge in [-0.2, -0.15) is 0 Å². The highest BCUT2D eigenvalue weighted by Gasteiger charge is 2.14. The SMILES string of the molecule is COCCNCCNCCC(C)CC(C)(C)C. The van der Waals surface area contributed by atoms with Crippen molar-refractivity contribution in [3.05, 3.63) is 0 Å². The minimum Gasteiger partial charge on any atom is -0.383 e. The van der Waals surface area contributed by atoms with Crippen molar-refractivity contribution >= 4 is 0 Å². The lowest BCUT2D eigenvalue weighted by Crippen LogP contribution is -2.30. The largest absolute Gasteiger partial charge is 0.383 e. The van der Waals surface area contributed by atoms with Crippen molar-refractivity contribution in [2.45, 2.75) is 40.5 Å². The second kappa shape index (κ2) is 9.86. The van der Waals surface area contributed by atoms with Crippen LogP contribution in [0, 0.1) is 11.3 Å². The van der Waals surface area contributed by atoms with Crippen LogP contribution in [0.1, 0.15) is 40.5 Å². The number of hydrogen-bond acceptors (Lipinski definition) is 3. The van der Waals surface area contributed by atoms with E-state index >= 15 is 0 Å². The van der Waals surface area contributed by atoms with Crippen LogP contribution in [0.2, 0.25) is 0 Å². The van der Waals surface area contributed by atoms with Crippen LogP contribution in [0.15, 0.2) is 0 Å². The Kier molecular flexibility index (Phi) is 9.79. The Bertz CT molecular complexity index is 166. The van der Waals surface area contributed by atoms with E-state index in [1.54, 1.807) is 7.11 Å². The summed E-state index contributed by atoms with van der Waals surface area (Å²) in [5.74, 6) is 0.809. The summed E-state index contributed by atoms with van der Waals surface area (Å²) in [6.45, 7) is 14.2.